The largest absolute Gasteiger partial charge is 0.507 e. The fraction of sp³-hybridized carbons (Fsp3) is 0.409. The van der Waals surface area contributed by atoms with Crippen molar-refractivity contribution in [3.8, 4) is 5.75 Å². The van der Waals surface area contributed by atoms with Crippen molar-refractivity contribution >= 4 is 28.9 Å². The third-order valence-corrected chi connectivity index (χ3v) is 5.39. The van der Waals surface area contributed by atoms with Gasteiger partial charge in [-0.1, -0.05) is 25.2 Å². The van der Waals surface area contributed by atoms with Crippen LogP contribution >= 0.6 is 0 Å². The molecule has 160 valence electrons. The van der Waals surface area contributed by atoms with Gasteiger partial charge in [0.15, 0.2) is 5.78 Å². The summed E-state index contributed by atoms with van der Waals surface area (Å²) in [5.74, 6) is -1.91. The number of cyclic esters (lactones) is 1. The number of benzene rings is 1. The van der Waals surface area contributed by atoms with Crippen molar-refractivity contribution in [2.75, 3.05) is 0 Å². The molecule has 0 fully saturated rings. The highest BCUT2D eigenvalue weighted by Gasteiger charge is 2.26. The van der Waals surface area contributed by atoms with Crippen LogP contribution in [0.25, 0.3) is 17.1 Å². The third-order valence-electron chi connectivity index (χ3n) is 5.39. The number of carbonyl (C=O) groups excluding carboxylic acids is 2. The predicted octanol–water partition coefficient (Wildman–Crippen LogP) is 2.21. The number of carbonyl (C=O) groups is 2. The summed E-state index contributed by atoms with van der Waals surface area (Å²) in [6.07, 6.45) is 3.86. The molecular formula is C22H26N2O6. The van der Waals surface area contributed by atoms with Gasteiger partial charge in [-0.05, 0) is 26.3 Å². The van der Waals surface area contributed by atoms with Crippen molar-refractivity contribution in [1.82, 2.24) is 9.55 Å². The summed E-state index contributed by atoms with van der Waals surface area (Å²) in [5.41, 5.74) is 1.47. The molecule has 3 N–H and O–H groups in total. The number of ether oxygens (including phenoxy) is 1. The van der Waals surface area contributed by atoms with Gasteiger partial charge in [-0.3, -0.25) is 4.79 Å². The first-order valence-corrected chi connectivity index (χ1v) is 9.91. The fourth-order valence-corrected chi connectivity index (χ4v) is 3.32. The first kappa shape index (κ1) is 21.7. The van der Waals surface area contributed by atoms with E-state index in [4.69, 9.17) is 4.74 Å². The number of aromatic nitrogens is 2. The van der Waals surface area contributed by atoms with Crippen molar-refractivity contribution in [2.45, 2.75) is 52.0 Å². The van der Waals surface area contributed by atoms with Crippen LogP contribution in [0.2, 0.25) is 0 Å². The maximum Gasteiger partial charge on any atom is 0.342 e. The molecule has 2 heterocycles. The number of hydrogen-bond acceptors (Lipinski definition) is 7. The number of aliphatic hydroxyl groups excluding tert-OH is 2. The van der Waals surface area contributed by atoms with E-state index >= 15 is 0 Å². The highest BCUT2D eigenvalue weighted by atomic mass is 16.5. The van der Waals surface area contributed by atoms with Gasteiger partial charge in [0.1, 0.15) is 23.5 Å². The zero-order valence-corrected chi connectivity index (χ0v) is 17.1. The maximum atomic E-state index is 12.9. The minimum Gasteiger partial charge on any atom is -0.507 e. The normalized spacial score (nSPS) is 26.8. The smallest absolute Gasteiger partial charge is 0.342 e. The molecule has 1 aliphatic rings. The van der Waals surface area contributed by atoms with Gasteiger partial charge in [0.2, 0.25) is 0 Å². The number of ketones is 1. The highest BCUT2D eigenvalue weighted by Crippen LogP contribution is 2.32. The third kappa shape index (κ3) is 4.15. The zero-order valence-electron chi connectivity index (χ0n) is 17.1. The first-order chi connectivity index (χ1) is 14.2. The van der Waals surface area contributed by atoms with E-state index in [0.717, 1.165) is 0 Å². The van der Waals surface area contributed by atoms with Gasteiger partial charge in [0.05, 0.1) is 23.5 Å². The van der Waals surface area contributed by atoms with Crippen LogP contribution in [0, 0.1) is 5.92 Å². The van der Waals surface area contributed by atoms with E-state index in [2.05, 4.69) is 4.98 Å². The van der Waals surface area contributed by atoms with Crippen LogP contribution in [-0.2, 0) is 16.1 Å². The molecule has 0 bridgehead atoms. The number of esters is 1. The number of aryl methyl sites for hydroxylation is 1. The average molecular weight is 414 g/mol. The molecule has 0 aliphatic carbocycles. The van der Waals surface area contributed by atoms with Gasteiger partial charge in [0, 0.05) is 24.1 Å². The molecule has 4 atom stereocenters. The monoisotopic (exact) mass is 414 g/mol. The van der Waals surface area contributed by atoms with Crippen molar-refractivity contribution in [3.05, 3.63) is 41.7 Å². The molecule has 0 unspecified atom stereocenters. The van der Waals surface area contributed by atoms with Crippen molar-refractivity contribution < 1.29 is 29.6 Å². The topological polar surface area (TPSA) is 122 Å². The van der Waals surface area contributed by atoms with E-state index < -0.39 is 30.1 Å². The van der Waals surface area contributed by atoms with Crippen LogP contribution in [0.15, 0.2) is 30.6 Å². The first-order valence-electron chi connectivity index (χ1n) is 9.91. The molecule has 8 nitrogen and oxygen atoms in total. The van der Waals surface area contributed by atoms with Gasteiger partial charge in [-0.2, -0.15) is 0 Å². The Morgan fingerprint density at radius 3 is 2.67 bits per heavy atom. The molecule has 1 aromatic carbocycles. The molecule has 0 spiro atoms. The fourth-order valence-electron chi connectivity index (χ4n) is 3.32. The van der Waals surface area contributed by atoms with Crippen LogP contribution in [0.5, 0.6) is 5.75 Å². The molecule has 2 aromatic rings. The summed E-state index contributed by atoms with van der Waals surface area (Å²) in [6, 6.07) is 1.48. The van der Waals surface area contributed by atoms with Crippen molar-refractivity contribution in [1.29, 1.82) is 0 Å². The molecule has 0 saturated carbocycles. The lowest BCUT2D eigenvalue weighted by Gasteiger charge is -2.20. The van der Waals surface area contributed by atoms with E-state index in [1.54, 1.807) is 26.3 Å². The zero-order chi connectivity index (χ0) is 22.0. The Bertz CT molecular complexity index is 1020. The number of hydrogen-bond donors (Lipinski definition) is 3. The van der Waals surface area contributed by atoms with E-state index in [9.17, 15) is 24.9 Å². The molecule has 0 radical (unpaired) electrons. The van der Waals surface area contributed by atoms with Crippen LogP contribution in [0.3, 0.4) is 0 Å². The minimum absolute atomic E-state index is 0.0219. The van der Waals surface area contributed by atoms with E-state index in [1.807, 2.05) is 11.5 Å². The number of imidazole rings is 1. The number of rotatable bonds is 1. The number of phenols is 1. The lowest BCUT2D eigenvalue weighted by Crippen LogP contribution is -2.32. The van der Waals surface area contributed by atoms with Gasteiger partial charge in [-0.15, -0.1) is 0 Å². The second-order valence-corrected chi connectivity index (χ2v) is 7.46. The van der Waals surface area contributed by atoms with E-state index in [-0.39, 0.29) is 23.7 Å². The molecule has 3 rings (SSSR count). The quantitative estimate of drug-likeness (QED) is 0.612. The molecule has 30 heavy (non-hydrogen) atoms. The summed E-state index contributed by atoms with van der Waals surface area (Å²) in [5, 5.41) is 30.9. The highest BCUT2D eigenvalue weighted by molar-refractivity contribution is 6.03. The Kier molecular flexibility index (Phi) is 6.38. The average Bonchev–Trinajstić information content (AvgIpc) is 3.12. The molecule has 8 heteroatoms. The van der Waals surface area contributed by atoms with E-state index in [0.29, 0.717) is 23.1 Å². The summed E-state index contributed by atoms with van der Waals surface area (Å²) in [6.45, 7) is 5.98. The SMILES string of the molecule is CCn1cnc2c3c(c(O)cc21)C(=O)O[C@@H](C)[C@H](C)/C=C\C(=O)[C@@H](O)[C@@H](O)CC=C3. The van der Waals surface area contributed by atoms with Gasteiger partial charge in [0.25, 0.3) is 0 Å². The van der Waals surface area contributed by atoms with Gasteiger partial charge < -0.3 is 24.6 Å². The van der Waals surface area contributed by atoms with Gasteiger partial charge in [-0.25, -0.2) is 9.78 Å². The van der Waals surface area contributed by atoms with Crippen LogP contribution in [0.4, 0.5) is 0 Å². The number of phenolic OH excluding ortho intramolecular Hbond substituents is 1. The Morgan fingerprint density at radius 1 is 1.23 bits per heavy atom. The van der Waals surface area contributed by atoms with Crippen molar-refractivity contribution in [3.63, 3.8) is 0 Å². The second kappa shape index (κ2) is 8.81. The van der Waals surface area contributed by atoms with E-state index in [1.165, 1.54) is 24.3 Å². The minimum atomic E-state index is -1.57. The van der Waals surface area contributed by atoms with Crippen molar-refractivity contribution in [2.24, 2.45) is 5.92 Å². The Labute approximate surface area is 174 Å². The van der Waals surface area contributed by atoms with Crippen LogP contribution < -0.4 is 0 Å². The molecule has 1 aromatic heterocycles. The number of nitrogens with zero attached hydrogens (tertiary/aromatic N) is 2. The predicted molar refractivity (Wildman–Crippen MR) is 111 cm³/mol. The molecule has 1 aliphatic heterocycles. The number of aromatic hydroxyl groups is 1. The summed E-state index contributed by atoms with van der Waals surface area (Å²) in [4.78, 5) is 29.4. The summed E-state index contributed by atoms with van der Waals surface area (Å²) < 4.78 is 7.36. The lowest BCUT2D eigenvalue weighted by atomic mass is 9.99. The molecular weight excluding hydrogens is 388 g/mol. The Morgan fingerprint density at radius 2 is 1.97 bits per heavy atom. The molecule has 0 amide bonds. The van der Waals surface area contributed by atoms with Crippen LogP contribution in [-0.4, -0.2) is 54.9 Å². The van der Waals surface area contributed by atoms with Gasteiger partial charge >= 0.3 is 5.97 Å². The van der Waals surface area contributed by atoms with Crippen LogP contribution in [0.1, 0.15) is 43.1 Å². The molecule has 0 saturated heterocycles. The standard InChI is InChI=1S/C22H26N2O6/c1-4-24-11-23-20-14-6-5-7-16(25)21(28)17(26)9-8-12(2)13(3)30-22(29)19(14)18(27)10-15(20)24/h5-6,8-13,16,21,25,27-28H,4,7H2,1-3H3/b6-5?,9-8-/t12-,13+,16+,21+/m1/s1. The lowest BCUT2D eigenvalue weighted by molar-refractivity contribution is -0.127. The second-order valence-electron chi connectivity index (χ2n) is 7.46. The summed E-state index contributed by atoms with van der Waals surface area (Å²) >= 11 is 0. The number of aliphatic hydroxyl groups is 2. The summed E-state index contributed by atoms with van der Waals surface area (Å²) in [7, 11) is 0. The Hall–Kier alpha value is -2.97. The number of fused-ring (bicyclic) bond motifs is 3. The maximum absolute atomic E-state index is 12.9. The Balaban J connectivity index is 2.16.